The Labute approximate surface area is 161 Å². The minimum Gasteiger partial charge on any atom is -0.365 e. The van der Waals surface area contributed by atoms with Gasteiger partial charge in [0.25, 0.3) is 11.8 Å². The number of benzene rings is 2. The van der Waals surface area contributed by atoms with Gasteiger partial charge in [0.05, 0.1) is 11.8 Å². The van der Waals surface area contributed by atoms with Gasteiger partial charge in [-0.25, -0.2) is 4.68 Å². The summed E-state index contributed by atoms with van der Waals surface area (Å²) < 4.78 is 1.63. The normalized spacial score (nSPS) is 15.5. The van der Waals surface area contributed by atoms with Crippen LogP contribution in [0.5, 0.6) is 0 Å². The van der Waals surface area contributed by atoms with Crippen LogP contribution in [0.25, 0.3) is 0 Å². The van der Waals surface area contributed by atoms with Gasteiger partial charge in [-0.15, -0.1) is 0 Å². The number of primary amides is 1. The van der Waals surface area contributed by atoms with Crippen LogP contribution in [0.15, 0.2) is 78.1 Å². The lowest BCUT2D eigenvalue weighted by Crippen LogP contribution is -2.32. The molecule has 7 heteroatoms. The number of nitrogens with two attached hydrogens (primary N) is 1. The molecule has 1 aliphatic rings. The van der Waals surface area contributed by atoms with Gasteiger partial charge in [-0.1, -0.05) is 48.5 Å². The molecule has 3 aromatic rings. The van der Waals surface area contributed by atoms with Crippen molar-refractivity contribution in [3.05, 3.63) is 89.3 Å². The number of nitrogens with zero attached hydrogens (tertiary/aromatic N) is 2. The Kier molecular flexibility index (Phi) is 4.41. The first kappa shape index (κ1) is 17.5. The molecule has 0 aliphatic carbocycles. The summed E-state index contributed by atoms with van der Waals surface area (Å²) in [5, 5.41) is 10.4. The monoisotopic (exact) mass is 373 g/mol. The van der Waals surface area contributed by atoms with Gasteiger partial charge in [-0.2, -0.15) is 5.10 Å². The lowest BCUT2D eigenvalue weighted by atomic mass is 9.94. The second-order valence-corrected chi connectivity index (χ2v) is 6.51. The van der Waals surface area contributed by atoms with E-state index in [1.807, 2.05) is 60.7 Å². The highest BCUT2D eigenvalue weighted by Gasteiger charge is 2.34. The van der Waals surface area contributed by atoms with Crippen molar-refractivity contribution in [3.8, 4) is 0 Å². The molecule has 0 fully saturated rings. The number of hydrogen-bond acceptors (Lipinski definition) is 4. The zero-order valence-electron chi connectivity index (χ0n) is 15.2. The van der Waals surface area contributed by atoms with E-state index >= 15 is 0 Å². The molecular formula is C21H19N5O2. The van der Waals surface area contributed by atoms with Crippen molar-refractivity contribution in [2.45, 2.75) is 13.0 Å². The van der Waals surface area contributed by atoms with E-state index in [-0.39, 0.29) is 11.5 Å². The van der Waals surface area contributed by atoms with Gasteiger partial charge in [0.1, 0.15) is 17.4 Å². The van der Waals surface area contributed by atoms with Gasteiger partial charge in [0, 0.05) is 11.4 Å². The van der Waals surface area contributed by atoms with Gasteiger partial charge >= 0.3 is 0 Å². The predicted octanol–water partition coefficient (Wildman–Crippen LogP) is 2.91. The van der Waals surface area contributed by atoms with E-state index < -0.39 is 11.9 Å². The van der Waals surface area contributed by atoms with Gasteiger partial charge < -0.3 is 16.4 Å². The molecule has 1 atom stereocenters. The quantitative estimate of drug-likeness (QED) is 0.654. The number of aromatic nitrogens is 2. The Morgan fingerprint density at radius 1 is 1.07 bits per heavy atom. The van der Waals surface area contributed by atoms with Crippen LogP contribution in [0.3, 0.4) is 0 Å². The van der Waals surface area contributed by atoms with E-state index in [0.29, 0.717) is 22.8 Å². The van der Waals surface area contributed by atoms with Crippen LogP contribution in [-0.2, 0) is 4.79 Å². The topological polar surface area (TPSA) is 102 Å². The van der Waals surface area contributed by atoms with Crippen LogP contribution < -0.4 is 16.4 Å². The number of rotatable bonds is 4. The molecule has 1 aromatic heterocycles. The number of fused-ring (bicyclic) bond motifs is 1. The number of allylic oxidation sites excluding steroid dienone is 1. The lowest BCUT2D eigenvalue weighted by Gasteiger charge is -2.30. The van der Waals surface area contributed by atoms with Crippen molar-refractivity contribution < 1.29 is 9.59 Å². The first-order chi connectivity index (χ1) is 13.6. The Morgan fingerprint density at radius 3 is 2.36 bits per heavy atom. The fraction of sp³-hybridized carbons (Fsp3) is 0.0952. The highest BCUT2D eigenvalue weighted by atomic mass is 16.2. The summed E-state index contributed by atoms with van der Waals surface area (Å²) in [6, 6.07) is 18.3. The maximum atomic E-state index is 13.2. The lowest BCUT2D eigenvalue weighted by molar-refractivity contribution is -0.113. The third kappa shape index (κ3) is 3.03. The van der Waals surface area contributed by atoms with Crippen molar-refractivity contribution in [1.82, 2.24) is 9.78 Å². The Hall–Kier alpha value is -3.87. The fourth-order valence-electron chi connectivity index (χ4n) is 3.39. The van der Waals surface area contributed by atoms with E-state index in [0.717, 1.165) is 5.56 Å². The smallest absolute Gasteiger partial charge is 0.255 e. The van der Waals surface area contributed by atoms with Gasteiger partial charge in [-0.05, 0) is 24.6 Å². The minimum absolute atomic E-state index is 0.244. The van der Waals surface area contributed by atoms with Gasteiger partial charge in [0.2, 0.25) is 0 Å². The SMILES string of the molecule is CC1=C(C(=O)Nc2ccccc2)[C@@H](c2ccccc2)n2ncc(C(N)=O)c2N1. The van der Waals surface area contributed by atoms with Crippen molar-refractivity contribution in [3.63, 3.8) is 0 Å². The van der Waals surface area contributed by atoms with Crippen LogP contribution in [0.2, 0.25) is 0 Å². The molecule has 1 aliphatic heterocycles. The fourth-order valence-corrected chi connectivity index (χ4v) is 3.39. The first-order valence-corrected chi connectivity index (χ1v) is 8.82. The highest BCUT2D eigenvalue weighted by Crippen LogP contribution is 2.37. The van der Waals surface area contributed by atoms with Crippen molar-refractivity contribution in [2.75, 3.05) is 10.6 Å². The summed E-state index contributed by atoms with van der Waals surface area (Å²) in [5.74, 6) is -0.340. The van der Waals surface area contributed by atoms with Crippen LogP contribution >= 0.6 is 0 Å². The van der Waals surface area contributed by atoms with E-state index in [1.54, 1.807) is 11.6 Å². The molecular weight excluding hydrogens is 354 g/mol. The number of carbonyl (C=O) groups excluding carboxylic acids is 2. The molecule has 0 bridgehead atoms. The van der Waals surface area contributed by atoms with Crippen LogP contribution in [-0.4, -0.2) is 21.6 Å². The number of carbonyl (C=O) groups is 2. The maximum absolute atomic E-state index is 13.2. The van der Waals surface area contributed by atoms with E-state index in [2.05, 4.69) is 15.7 Å². The van der Waals surface area contributed by atoms with E-state index in [4.69, 9.17) is 5.73 Å². The van der Waals surface area contributed by atoms with Crippen LogP contribution in [0.4, 0.5) is 11.5 Å². The Balaban J connectivity index is 1.81. The van der Waals surface area contributed by atoms with E-state index in [1.165, 1.54) is 6.20 Å². The van der Waals surface area contributed by atoms with Gasteiger partial charge in [-0.3, -0.25) is 9.59 Å². The highest BCUT2D eigenvalue weighted by molar-refractivity contribution is 6.06. The molecule has 140 valence electrons. The van der Waals surface area contributed by atoms with Crippen molar-refractivity contribution >= 4 is 23.3 Å². The second-order valence-electron chi connectivity index (χ2n) is 6.51. The summed E-state index contributed by atoms with van der Waals surface area (Å²) in [7, 11) is 0. The molecule has 4 rings (SSSR count). The molecule has 2 heterocycles. The number of amides is 2. The number of hydrogen-bond donors (Lipinski definition) is 3. The molecule has 28 heavy (non-hydrogen) atoms. The van der Waals surface area contributed by atoms with Crippen molar-refractivity contribution in [1.29, 1.82) is 0 Å². The standard InChI is InChI=1S/C21H19N5O2/c1-13-17(21(28)25-15-10-6-3-7-11-15)18(14-8-4-2-5-9-14)26-20(24-13)16(12-23-26)19(22)27/h2-12,18,24H,1H3,(H2,22,27)(H,25,28)/t18-/m1/s1. The predicted molar refractivity (Wildman–Crippen MR) is 107 cm³/mol. The molecule has 0 saturated heterocycles. The molecule has 2 amide bonds. The molecule has 0 spiro atoms. The van der Waals surface area contributed by atoms with Crippen molar-refractivity contribution in [2.24, 2.45) is 5.73 Å². The molecule has 0 radical (unpaired) electrons. The average Bonchev–Trinajstić information content (AvgIpc) is 3.12. The number of anilines is 2. The molecule has 4 N–H and O–H groups in total. The third-order valence-corrected chi connectivity index (χ3v) is 4.68. The molecule has 7 nitrogen and oxygen atoms in total. The van der Waals surface area contributed by atoms with Crippen LogP contribution in [0.1, 0.15) is 28.9 Å². The Morgan fingerprint density at radius 2 is 1.71 bits per heavy atom. The number of para-hydroxylation sites is 1. The summed E-state index contributed by atoms with van der Waals surface area (Å²) in [4.78, 5) is 24.9. The van der Waals surface area contributed by atoms with E-state index in [9.17, 15) is 9.59 Å². The largest absolute Gasteiger partial charge is 0.365 e. The minimum atomic E-state index is -0.578. The zero-order valence-corrected chi connectivity index (χ0v) is 15.2. The van der Waals surface area contributed by atoms with Crippen LogP contribution in [0, 0.1) is 0 Å². The second kappa shape index (κ2) is 7.03. The zero-order chi connectivity index (χ0) is 19.7. The summed E-state index contributed by atoms with van der Waals surface area (Å²) >= 11 is 0. The maximum Gasteiger partial charge on any atom is 0.255 e. The third-order valence-electron chi connectivity index (χ3n) is 4.68. The summed E-state index contributed by atoms with van der Waals surface area (Å²) in [6.07, 6.45) is 1.42. The summed E-state index contributed by atoms with van der Waals surface area (Å²) in [5.41, 5.74) is 8.49. The molecule has 0 saturated carbocycles. The Bertz CT molecular complexity index is 1070. The molecule has 0 unspecified atom stereocenters. The van der Waals surface area contributed by atoms with Gasteiger partial charge in [0.15, 0.2) is 0 Å². The number of nitrogens with one attached hydrogen (secondary N) is 2. The molecule has 2 aromatic carbocycles. The average molecular weight is 373 g/mol. The summed E-state index contributed by atoms with van der Waals surface area (Å²) in [6.45, 7) is 1.80. The first-order valence-electron chi connectivity index (χ1n) is 8.82.